The van der Waals surface area contributed by atoms with E-state index in [1.165, 1.54) is 25.0 Å². The van der Waals surface area contributed by atoms with Gasteiger partial charge in [0.15, 0.2) is 0 Å². The number of hydrogen-bond acceptors (Lipinski definition) is 2. The Bertz CT molecular complexity index is 561. The van der Waals surface area contributed by atoms with E-state index in [1.54, 1.807) is 0 Å². The summed E-state index contributed by atoms with van der Waals surface area (Å²) in [6, 6.07) is 13.3. The van der Waals surface area contributed by atoms with Crippen LogP contribution in [0.1, 0.15) is 38.8 Å². The lowest BCUT2D eigenvalue weighted by Crippen LogP contribution is -2.29. The Labute approximate surface area is 121 Å². The molecule has 2 atom stereocenters. The predicted octanol–water partition coefficient (Wildman–Crippen LogP) is 3.29. The summed E-state index contributed by atoms with van der Waals surface area (Å²) in [5.74, 6) is 0. The summed E-state index contributed by atoms with van der Waals surface area (Å²) >= 11 is 0. The highest BCUT2D eigenvalue weighted by molar-refractivity contribution is 5.35. The fourth-order valence-electron chi connectivity index (χ4n) is 3.47. The molecule has 0 bridgehead atoms. The van der Waals surface area contributed by atoms with Gasteiger partial charge in [0.2, 0.25) is 0 Å². The number of rotatable bonds is 4. The molecule has 1 aromatic carbocycles. The summed E-state index contributed by atoms with van der Waals surface area (Å²) in [4.78, 5) is 0. The van der Waals surface area contributed by atoms with Gasteiger partial charge in [0.1, 0.15) is 0 Å². The predicted molar refractivity (Wildman–Crippen MR) is 82.2 cm³/mol. The van der Waals surface area contributed by atoms with Crippen molar-refractivity contribution in [1.82, 2.24) is 15.1 Å². The van der Waals surface area contributed by atoms with Crippen molar-refractivity contribution in [2.45, 2.75) is 44.6 Å². The van der Waals surface area contributed by atoms with E-state index < -0.39 is 0 Å². The number of nitrogens with zero attached hydrogens (tertiary/aromatic N) is 2. The smallest absolute Gasteiger partial charge is 0.0649 e. The Kier molecular flexibility index (Phi) is 3.62. The van der Waals surface area contributed by atoms with E-state index in [0.29, 0.717) is 6.04 Å². The zero-order valence-corrected chi connectivity index (χ0v) is 12.3. The third-order valence-corrected chi connectivity index (χ3v) is 4.50. The first-order valence-corrected chi connectivity index (χ1v) is 7.56. The van der Waals surface area contributed by atoms with Crippen LogP contribution in [0.5, 0.6) is 0 Å². The quantitative estimate of drug-likeness (QED) is 0.923. The van der Waals surface area contributed by atoms with Crippen molar-refractivity contribution >= 4 is 0 Å². The zero-order valence-electron chi connectivity index (χ0n) is 12.3. The molecule has 1 heterocycles. The Hall–Kier alpha value is -1.61. The van der Waals surface area contributed by atoms with E-state index in [2.05, 4.69) is 59.3 Å². The first-order valence-electron chi connectivity index (χ1n) is 7.56. The van der Waals surface area contributed by atoms with Gasteiger partial charge in [0.25, 0.3) is 0 Å². The number of aromatic nitrogens is 2. The van der Waals surface area contributed by atoms with Crippen LogP contribution in [0.2, 0.25) is 0 Å². The van der Waals surface area contributed by atoms with Gasteiger partial charge < -0.3 is 5.32 Å². The Morgan fingerprint density at radius 3 is 2.85 bits per heavy atom. The van der Waals surface area contributed by atoms with Crippen molar-refractivity contribution in [3.63, 3.8) is 0 Å². The molecule has 20 heavy (non-hydrogen) atoms. The number of para-hydroxylation sites is 1. The van der Waals surface area contributed by atoms with Gasteiger partial charge in [0, 0.05) is 17.7 Å². The number of benzene rings is 1. The van der Waals surface area contributed by atoms with Crippen molar-refractivity contribution in [3.05, 3.63) is 48.3 Å². The second-order valence-corrected chi connectivity index (χ2v) is 6.02. The van der Waals surface area contributed by atoms with Crippen LogP contribution in [0.25, 0.3) is 5.69 Å². The maximum Gasteiger partial charge on any atom is 0.0649 e. The van der Waals surface area contributed by atoms with Gasteiger partial charge in [0.05, 0.1) is 11.4 Å². The van der Waals surface area contributed by atoms with Crippen molar-refractivity contribution in [2.75, 3.05) is 6.54 Å². The normalized spacial score (nSPS) is 26.0. The molecule has 1 aliphatic rings. The minimum Gasteiger partial charge on any atom is -0.314 e. The molecule has 0 aliphatic heterocycles. The van der Waals surface area contributed by atoms with Crippen LogP contribution < -0.4 is 5.32 Å². The van der Waals surface area contributed by atoms with E-state index in [4.69, 9.17) is 0 Å². The Morgan fingerprint density at radius 2 is 2.10 bits per heavy atom. The molecule has 3 nitrogen and oxygen atoms in total. The number of hydrogen-bond donors (Lipinski definition) is 1. The second-order valence-electron chi connectivity index (χ2n) is 6.02. The minimum atomic E-state index is 0.221. The summed E-state index contributed by atoms with van der Waals surface area (Å²) in [6.45, 7) is 5.61. The molecule has 1 aromatic heterocycles. The maximum atomic E-state index is 4.54. The van der Waals surface area contributed by atoms with Crippen molar-refractivity contribution in [2.24, 2.45) is 0 Å². The molecule has 106 valence electrons. The van der Waals surface area contributed by atoms with Crippen LogP contribution in [0, 0.1) is 0 Å². The van der Waals surface area contributed by atoms with Crippen LogP contribution in [0.3, 0.4) is 0 Å². The van der Waals surface area contributed by atoms with Gasteiger partial charge in [-0.05, 0) is 44.0 Å². The third-order valence-electron chi connectivity index (χ3n) is 4.50. The molecule has 1 saturated carbocycles. The lowest BCUT2D eigenvalue weighted by Gasteiger charge is -2.25. The molecule has 3 rings (SSSR count). The Balaban J connectivity index is 1.90. The highest BCUT2D eigenvalue weighted by Crippen LogP contribution is 2.41. The molecule has 0 radical (unpaired) electrons. The van der Waals surface area contributed by atoms with E-state index in [-0.39, 0.29) is 5.41 Å². The van der Waals surface area contributed by atoms with Gasteiger partial charge in [-0.25, -0.2) is 4.68 Å². The molecular formula is C17H23N3. The average molecular weight is 269 g/mol. The summed E-state index contributed by atoms with van der Waals surface area (Å²) in [6.07, 6.45) is 5.60. The molecule has 2 unspecified atom stereocenters. The third kappa shape index (κ3) is 2.38. The van der Waals surface area contributed by atoms with Gasteiger partial charge in [-0.3, -0.25) is 0 Å². The SMILES string of the molecule is CCNC1CCC(C)(c2ccnn2-c2ccccc2)C1. The summed E-state index contributed by atoms with van der Waals surface area (Å²) < 4.78 is 2.11. The van der Waals surface area contributed by atoms with Gasteiger partial charge >= 0.3 is 0 Å². The van der Waals surface area contributed by atoms with E-state index in [1.807, 2.05) is 12.3 Å². The minimum absolute atomic E-state index is 0.221. The summed E-state index contributed by atoms with van der Waals surface area (Å²) in [5.41, 5.74) is 2.71. The first-order chi connectivity index (χ1) is 9.73. The maximum absolute atomic E-state index is 4.54. The molecule has 2 aromatic rings. The van der Waals surface area contributed by atoms with Crippen molar-refractivity contribution < 1.29 is 0 Å². The highest BCUT2D eigenvalue weighted by Gasteiger charge is 2.38. The second kappa shape index (κ2) is 5.41. The van der Waals surface area contributed by atoms with Gasteiger partial charge in [-0.15, -0.1) is 0 Å². The van der Waals surface area contributed by atoms with E-state index >= 15 is 0 Å². The van der Waals surface area contributed by atoms with Crippen LogP contribution >= 0.6 is 0 Å². The van der Waals surface area contributed by atoms with Crippen LogP contribution in [-0.4, -0.2) is 22.4 Å². The first kappa shape index (κ1) is 13.4. The lowest BCUT2D eigenvalue weighted by molar-refractivity contribution is 0.436. The van der Waals surface area contributed by atoms with Crippen molar-refractivity contribution in [1.29, 1.82) is 0 Å². The summed E-state index contributed by atoms with van der Waals surface area (Å²) in [5, 5.41) is 8.13. The standard InChI is InChI=1S/C17H23N3/c1-3-18-14-9-11-17(2,13-14)16-10-12-19-20(16)15-7-5-4-6-8-15/h4-8,10,12,14,18H,3,9,11,13H2,1-2H3. The van der Waals surface area contributed by atoms with Crippen LogP contribution in [0.4, 0.5) is 0 Å². The topological polar surface area (TPSA) is 29.9 Å². The number of nitrogens with one attached hydrogen (secondary N) is 1. The Morgan fingerprint density at radius 1 is 1.30 bits per heavy atom. The van der Waals surface area contributed by atoms with Gasteiger partial charge in [-0.1, -0.05) is 32.0 Å². The molecule has 3 heteroatoms. The largest absolute Gasteiger partial charge is 0.314 e. The summed E-state index contributed by atoms with van der Waals surface area (Å²) in [7, 11) is 0. The van der Waals surface area contributed by atoms with Crippen LogP contribution in [0.15, 0.2) is 42.6 Å². The van der Waals surface area contributed by atoms with Gasteiger partial charge in [-0.2, -0.15) is 5.10 Å². The van der Waals surface area contributed by atoms with E-state index in [9.17, 15) is 0 Å². The highest BCUT2D eigenvalue weighted by atomic mass is 15.3. The van der Waals surface area contributed by atoms with Crippen LogP contribution in [-0.2, 0) is 5.41 Å². The zero-order chi connectivity index (χ0) is 14.0. The van der Waals surface area contributed by atoms with E-state index in [0.717, 1.165) is 12.2 Å². The fourth-order valence-corrected chi connectivity index (χ4v) is 3.47. The van der Waals surface area contributed by atoms with Crippen molar-refractivity contribution in [3.8, 4) is 5.69 Å². The fraction of sp³-hybridized carbons (Fsp3) is 0.471. The molecule has 1 N–H and O–H groups in total. The monoisotopic (exact) mass is 269 g/mol. The molecular weight excluding hydrogens is 246 g/mol. The molecule has 1 fully saturated rings. The molecule has 0 amide bonds. The molecule has 0 spiro atoms. The molecule has 1 aliphatic carbocycles. The lowest BCUT2D eigenvalue weighted by atomic mass is 9.84. The molecule has 0 saturated heterocycles. The average Bonchev–Trinajstić information content (AvgIpc) is 3.08.